The van der Waals surface area contributed by atoms with Gasteiger partial charge in [0.2, 0.25) is 0 Å². The Morgan fingerprint density at radius 2 is 1.69 bits per heavy atom. The minimum atomic E-state index is -0.385. The van der Waals surface area contributed by atoms with Crippen molar-refractivity contribution in [3.63, 3.8) is 0 Å². The van der Waals surface area contributed by atoms with Gasteiger partial charge < -0.3 is 14.8 Å². The monoisotopic (exact) mass is 481 g/mol. The molecule has 3 rings (SSSR count). The molecule has 134 valence electrons. The molecule has 0 unspecified atom stereocenters. The number of ether oxygens (including phenoxy) is 2. The van der Waals surface area contributed by atoms with E-state index in [1.807, 2.05) is 29.6 Å². The first-order valence-corrected chi connectivity index (χ1v) is 9.56. The van der Waals surface area contributed by atoms with Gasteiger partial charge in [0.1, 0.15) is 11.5 Å². The molecule has 0 atom stereocenters. The molecule has 0 spiro atoms. The first-order valence-electron chi connectivity index (χ1n) is 7.60. The summed E-state index contributed by atoms with van der Waals surface area (Å²) in [4.78, 5) is 16.7. The van der Waals surface area contributed by atoms with Crippen LogP contribution in [0, 0.1) is 3.57 Å². The smallest absolute Gasteiger partial charge is 0.325 e. The van der Waals surface area contributed by atoms with Crippen molar-refractivity contribution in [1.29, 1.82) is 0 Å². The van der Waals surface area contributed by atoms with E-state index in [4.69, 9.17) is 9.47 Å². The number of aromatic nitrogens is 1. The van der Waals surface area contributed by atoms with E-state index in [1.54, 1.807) is 32.4 Å². The zero-order chi connectivity index (χ0) is 18.5. The van der Waals surface area contributed by atoms with E-state index in [-0.39, 0.29) is 6.03 Å². The third-order valence-corrected chi connectivity index (χ3v) is 4.95. The largest absolute Gasteiger partial charge is 0.497 e. The lowest BCUT2D eigenvalue weighted by atomic mass is 10.2. The molecule has 0 saturated heterocycles. The number of amides is 2. The number of anilines is 2. The van der Waals surface area contributed by atoms with Crippen LogP contribution in [0.1, 0.15) is 0 Å². The van der Waals surface area contributed by atoms with Gasteiger partial charge in [-0.05, 0) is 34.7 Å². The van der Waals surface area contributed by atoms with Crippen LogP contribution >= 0.6 is 33.9 Å². The van der Waals surface area contributed by atoms with Crippen LogP contribution in [0.2, 0.25) is 0 Å². The van der Waals surface area contributed by atoms with Crippen LogP contribution in [0.4, 0.5) is 15.6 Å². The normalized spacial score (nSPS) is 10.3. The van der Waals surface area contributed by atoms with Crippen molar-refractivity contribution in [2.24, 2.45) is 0 Å². The predicted octanol–water partition coefficient (Wildman–Crippen LogP) is 5.08. The second-order valence-electron chi connectivity index (χ2n) is 5.23. The Morgan fingerprint density at radius 3 is 2.31 bits per heavy atom. The summed E-state index contributed by atoms with van der Waals surface area (Å²) in [6, 6.07) is 12.8. The first-order chi connectivity index (χ1) is 12.6. The van der Waals surface area contributed by atoms with E-state index < -0.39 is 0 Å². The van der Waals surface area contributed by atoms with Crippen molar-refractivity contribution in [3.8, 4) is 22.8 Å². The van der Waals surface area contributed by atoms with Crippen LogP contribution < -0.4 is 20.1 Å². The van der Waals surface area contributed by atoms with E-state index in [1.165, 1.54) is 11.3 Å². The first kappa shape index (κ1) is 18.5. The van der Waals surface area contributed by atoms with Crippen molar-refractivity contribution < 1.29 is 14.3 Å². The molecule has 3 aromatic rings. The minimum Gasteiger partial charge on any atom is -0.497 e. The molecule has 0 aliphatic rings. The topological polar surface area (TPSA) is 72.5 Å². The molecular weight excluding hydrogens is 465 g/mol. The number of urea groups is 1. The predicted molar refractivity (Wildman–Crippen MR) is 112 cm³/mol. The second kappa shape index (κ2) is 8.37. The summed E-state index contributed by atoms with van der Waals surface area (Å²) in [5.41, 5.74) is 2.39. The van der Waals surface area contributed by atoms with Gasteiger partial charge in [-0.25, -0.2) is 9.78 Å². The zero-order valence-electron chi connectivity index (χ0n) is 14.1. The van der Waals surface area contributed by atoms with Gasteiger partial charge in [0, 0.05) is 38.4 Å². The van der Waals surface area contributed by atoms with Crippen molar-refractivity contribution in [1.82, 2.24) is 4.98 Å². The van der Waals surface area contributed by atoms with Crippen LogP contribution in [0.3, 0.4) is 0 Å². The summed E-state index contributed by atoms with van der Waals surface area (Å²) in [6.45, 7) is 0. The number of benzene rings is 2. The number of halogens is 1. The highest BCUT2D eigenvalue weighted by molar-refractivity contribution is 14.1. The Morgan fingerprint density at radius 1 is 1.04 bits per heavy atom. The average molecular weight is 481 g/mol. The lowest BCUT2D eigenvalue weighted by molar-refractivity contribution is 0.262. The van der Waals surface area contributed by atoms with Gasteiger partial charge in [0.15, 0.2) is 5.13 Å². The Labute approximate surface area is 168 Å². The lowest BCUT2D eigenvalue weighted by Gasteiger charge is -2.09. The van der Waals surface area contributed by atoms with Crippen LogP contribution in [0.25, 0.3) is 11.3 Å². The van der Waals surface area contributed by atoms with E-state index in [0.717, 1.165) is 14.8 Å². The minimum absolute atomic E-state index is 0.385. The van der Waals surface area contributed by atoms with Gasteiger partial charge in [-0.15, -0.1) is 11.3 Å². The quantitative estimate of drug-likeness (QED) is 0.499. The van der Waals surface area contributed by atoms with Gasteiger partial charge in [0.25, 0.3) is 0 Å². The van der Waals surface area contributed by atoms with Crippen LogP contribution in [-0.4, -0.2) is 25.2 Å². The van der Waals surface area contributed by atoms with Gasteiger partial charge in [0.05, 0.1) is 19.9 Å². The third kappa shape index (κ3) is 4.64. The maximum absolute atomic E-state index is 12.2. The molecule has 6 nitrogen and oxygen atoms in total. The highest BCUT2D eigenvalue weighted by Gasteiger charge is 2.10. The van der Waals surface area contributed by atoms with Gasteiger partial charge in [-0.3, -0.25) is 5.32 Å². The molecule has 2 amide bonds. The van der Waals surface area contributed by atoms with Crippen LogP contribution in [0.5, 0.6) is 11.5 Å². The van der Waals surface area contributed by atoms with Crippen molar-refractivity contribution >= 4 is 50.8 Å². The zero-order valence-corrected chi connectivity index (χ0v) is 17.1. The molecule has 0 bridgehead atoms. The molecular formula is C18H16IN3O3S. The number of rotatable bonds is 5. The summed E-state index contributed by atoms with van der Waals surface area (Å²) in [5.74, 6) is 1.18. The molecule has 1 aromatic heterocycles. The summed E-state index contributed by atoms with van der Waals surface area (Å²) < 4.78 is 11.6. The molecule has 2 aromatic carbocycles. The number of methoxy groups -OCH3 is 2. The number of nitrogens with zero attached hydrogens (tertiary/aromatic N) is 1. The Balaban J connectivity index is 1.68. The number of carbonyl (C=O) groups excluding carboxylic acids is 1. The molecule has 26 heavy (non-hydrogen) atoms. The Bertz CT molecular complexity index is 890. The molecule has 8 heteroatoms. The van der Waals surface area contributed by atoms with Gasteiger partial charge >= 0.3 is 6.03 Å². The number of hydrogen-bond donors (Lipinski definition) is 2. The fourth-order valence-corrected chi connectivity index (χ4v) is 3.30. The highest BCUT2D eigenvalue weighted by Crippen LogP contribution is 2.27. The van der Waals surface area contributed by atoms with Crippen molar-refractivity contribution in [2.45, 2.75) is 0 Å². The maximum atomic E-state index is 12.2. The van der Waals surface area contributed by atoms with Crippen molar-refractivity contribution in [3.05, 3.63) is 51.4 Å². The molecule has 0 fully saturated rings. The number of carbonyl (C=O) groups is 1. The summed E-state index contributed by atoms with van der Waals surface area (Å²) in [6.07, 6.45) is 0. The Hall–Kier alpha value is -2.33. The number of thiazole rings is 1. The molecule has 2 N–H and O–H groups in total. The van der Waals surface area contributed by atoms with Crippen molar-refractivity contribution in [2.75, 3.05) is 24.9 Å². The molecule has 1 heterocycles. The molecule has 0 saturated carbocycles. The second-order valence-corrected chi connectivity index (χ2v) is 7.33. The van der Waals surface area contributed by atoms with Crippen LogP contribution in [0.15, 0.2) is 47.8 Å². The van der Waals surface area contributed by atoms with E-state index in [0.29, 0.717) is 22.3 Å². The fraction of sp³-hybridized carbons (Fsp3) is 0.111. The fourth-order valence-electron chi connectivity index (χ4n) is 2.22. The third-order valence-electron chi connectivity index (χ3n) is 3.47. The van der Waals surface area contributed by atoms with Gasteiger partial charge in [-0.2, -0.15) is 0 Å². The summed E-state index contributed by atoms with van der Waals surface area (Å²) in [5, 5.41) is 7.92. The van der Waals surface area contributed by atoms with Gasteiger partial charge in [-0.1, -0.05) is 12.1 Å². The number of nitrogens with one attached hydrogen (secondary N) is 2. The molecule has 0 aliphatic heterocycles. The van der Waals surface area contributed by atoms with Crippen LogP contribution in [-0.2, 0) is 0 Å². The highest BCUT2D eigenvalue weighted by atomic mass is 127. The van der Waals surface area contributed by atoms with E-state index in [2.05, 4.69) is 38.2 Å². The maximum Gasteiger partial charge on any atom is 0.325 e. The molecule has 0 aliphatic carbocycles. The summed E-state index contributed by atoms with van der Waals surface area (Å²) >= 11 is 3.63. The van der Waals surface area contributed by atoms with E-state index in [9.17, 15) is 4.79 Å². The number of hydrogen-bond acceptors (Lipinski definition) is 5. The molecule has 0 radical (unpaired) electrons. The van der Waals surface area contributed by atoms with E-state index >= 15 is 0 Å². The lowest BCUT2D eigenvalue weighted by Crippen LogP contribution is -2.19. The standard InChI is InChI=1S/C18H16IN3O3S/c1-24-14-7-13(8-15(9-14)25-2)20-17(23)22-18-21-16(10-26-18)11-3-5-12(19)6-4-11/h3-10H,1-2H3,(H2,20,21,22,23). The summed E-state index contributed by atoms with van der Waals surface area (Å²) in [7, 11) is 3.11. The Kier molecular flexibility index (Phi) is 5.94. The average Bonchev–Trinajstić information content (AvgIpc) is 3.10. The SMILES string of the molecule is COc1cc(NC(=O)Nc2nc(-c3ccc(I)cc3)cs2)cc(OC)c1.